The minimum Gasteiger partial charge on any atom is -0.252 e. The first-order valence-corrected chi connectivity index (χ1v) is 11.4. The molecule has 6 rings (SSSR count). The molecule has 0 spiro atoms. The van der Waals surface area contributed by atoms with Crippen LogP contribution in [0.15, 0.2) is 24.4 Å². The Labute approximate surface area is 180 Å². The Kier molecular flexibility index (Phi) is 4.54. The number of rotatable bonds is 6. The lowest BCUT2D eigenvalue weighted by Gasteiger charge is -2.20. The summed E-state index contributed by atoms with van der Waals surface area (Å²) in [7, 11) is 1.90. The maximum Gasteiger partial charge on any atom is 0.203 e. The van der Waals surface area contributed by atoms with Crippen molar-refractivity contribution in [3.63, 3.8) is 0 Å². The summed E-state index contributed by atoms with van der Waals surface area (Å²) in [5, 5.41) is 22.0. The summed E-state index contributed by atoms with van der Waals surface area (Å²) in [5.41, 5.74) is 3.61. The van der Waals surface area contributed by atoms with E-state index in [0.29, 0.717) is 17.7 Å². The molecule has 9 nitrogen and oxygen atoms in total. The molecule has 31 heavy (non-hydrogen) atoms. The molecule has 160 valence electrons. The Balaban J connectivity index is 1.32. The van der Waals surface area contributed by atoms with Crippen LogP contribution in [0.4, 0.5) is 0 Å². The van der Waals surface area contributed by atoms with E-state index in [1.807, 2.05) is 34.7 Å². The summed E-state index contributed by atoms with van der Waals surface area (Å²) in [4.78, 5) is 4.89. The van der Waals surface area contributed by atoms with Crippen molar-refractivity contribution in [3.8, 4) is 22.9 Å². The van der Waals surface area contributed by atoms with E-state index in [1.54, 1.807) is 4.68 Å². The van der Waals surface area contributed by atoms with E-state index in [2.05, 4.69) is 26.7 Å². The Morgan fingerprint density at radius 2 is 1.77 bits per heavy atom. The van der Waals surface area contributed by atoms with Crippen LogP contribution in [0, 0.1) is 11.8 Å². The number of fused-ring (bicyclic) bond motifs is 1. The maximum atomic E-state index is 4.89. The molecule has 2 saturated carbocycles. The molecule has 0 atom stereocenters. The van der Waals surface area contributed by atoms with Gasteiger partial charge < -0.3 is 0 Å². The van der Waals surface area contributed by atoms with E-state index < -0.39 is 0 Å². The molecule has 0 aliphatic heterocycles. The van der Waals surface area contributed by atoms with Crippen molar-refractivity contribution in [2.45, 2.75) is 58.0 Å². The molecule has 0 saturated heterocycles. The molecule has 0 radical (unpaired) electrons. The summed E-state index contributed by atoms with van der Waals surface area (Å²) < 4.78 is 5.78. The normalized spacial score (nSPS) is 17.6. The number of nitrogens with zero attached hydrogens (tertiary/aromatic N) is 9. The molecule has 1 aromatic carbocycles. The molecule has 2 fully saturated rings. The lowest BCUT2D eigenvalue weighted by atomic mass is 9.89. The van der Waals surface area contributed by atoms with Crippen molar-refractivity contribution in [2.75, 3.05) is 0 Å². The van der Waals surface area contributed by atoms with Gasteiger partial charge in [0.15, 0.2) is 11.5 Å². The summed E-state index contributed by atoms with van der Waals surface area (Å²) in [6.45, 7) is 1.82. The zero-order valence-electron chi connectivity index (χ0n) is 17.9. The minimum atomic E-state index is 0.643. The molecule has 0 bridgehead atoms. The SMILES string of the molecule is Cn1nnc2cc(-c3nc(-c4cn(CC5CCCCC5)nn4)nn3CC3CC3)ccc21. The highest BCUT2D eigenvalue weighted by atomic mass is 15.4. The zero-order valence-corrected chi connectivity index (χ0v) is 17.9. The van der Waals surface area contributed by atoms with Crippen molar-refractivity contribution < 1.29 is 0 Å². The number of hydrogen-bond acceptors (Lipinski definition) is 6. The smallest absolute Gasteiger partial charge is 0.203 e. The van der Waals surface area contributed by atoms with Gasteiger partial charge in [0.2, 0.25) is 5.82 Å². The van der Waals surface area contributed by atoms with E-state index in [-0.39, 0.29) is 0 Å². The molecule has 9 heteroatoms. The quantitative estimate of drug-likeness (QED) is 0.477. The lowest BCUT2D eigenvalue weighted by Crippen LogP contribution is -2.14. The van der Waals surface area contributed by atoms with Crippen molar-refractivity contribution in [2.24, 2.45) is 18.9 Å². The van der Waals surface area contributed by atoms with Crippen LogP contribution in [0.25, 0.3) is 33.9 Å². The van der Waals surface area contributed by atoms with Gasteiger partial charge in [0, 0.05) is 25.7 Å². The fourth-order valence-corrected chi connectivity index (χ4v) is 4.64. The third-order valence-corrected chi connectivity index (χ3v) is 6.61. The monoisotopic (exact) mass is 417 g/mol. The van der Waals surface area contributed by atoms with Crippen LogP contribution in [-0.4, -0.2) is 44.8 Å². The molecule has 0 amide bonds. The Bertz CT molecular complexity index is 1210. The van der Waals surface area contributed by atoms with Gasteiger partial charge in [-0.05, 0) is 55.7 Å². The highest BCUT2D eigenvalue weighted by Gasteiger charge is 2.26. The third kappa shape index (κ3) is 3.73. The van der Waals surface area contributed by atoms with E-state index in [0.717, 1.165) is 41.2 Å². The Hall–Kier alpha value is -3.10. The molecule has 3 aromatic heterocycles. The summed E-state index contributed by atoms with van der Waals surface area (Å²) in [6, 6.07) is 6.16. The molecular weight excluding hydrogens is 390 g/mol. The lowest BCUT2D eigenvalue weighted by molar-refractivity contribution is 0.305. The van der Waals surface area contributed by atoms with E-state index in [1.165, 1.54) is 44.9 Å². The van der Waals surface area contributed by atoms with Gasteiger partial charge in [0.05, 0.1) is 11.7 Å². The minimum absolute atomic E-state index is 0.643. The average Bonchev–Trinajstić information content (AvgIpc) is 3.16. The predicted octanol–water partition coefficient (Wildman–Crippen LogP) is 3.48. The van der Waals surface area contributed by atoms with E-state index in [9.17, 15) is 0 Å². The number of hydrogen-bond donors (Lipinski definition) is 0. The zero-order chi connectivity index (χ0) is 20.8. The van der Waals surface area contributed by atoms with Gasteiger partial charge in [-0.3, -0.25) is 4.68 Å². The van der Waals surface area contributed by atoms with Gasteiger partial charge in [-0.25, -0.2) is 14.3 Å². The second-order valence-corrected chi connectivity index (χ2v) is 9.13. The van der Waals surface area contributed by atoms with Gasteiger partial charge in [0.1, 0.15) is 5.52 Å². The van der Waals surface area contributed by atoms with Crippen LogP contribution in [0.5, 0.6) is 0 Å². The molecule has 0 unspecified atom stereocenters. The second kappa shape index (κ2) is 7.55. The maximum absolute atomic E-state index is 4.89. The van der Waals surface area contributed by atoms with Crippen molar-refractivity contribution in [3.05, 3.63) is 24.4 Å². The summed E-state index contributed by atoms with van der Waals surface area (Å²) >= 11 is 0. The second-order valence-electron chi connectivity index (χ2n) is 9.13. The highest BCUT2D eigenvalue weighted by Crippen LogP contribution is 2.33. The van der Waals surface area contributed by atoms with Crippen LogP contribution in [0.3, 0.4) is 0 Å². The van der Waals surface area contributed by atoms with Crippen LogP contribution < -0.4 is 0 Å². The first-order chi connectivity index (χ1) is 15.2. The van der Waals surface area contributed by atoms with Crippen LogP contribution in [0.1, 0.15) is 44.9 Å². The van der Waals surface area contributed by atoms with Crippen molar-refractivity contribution in [1.29, 1.82) is 0 Å². The van der Waals surface area contributed by atoms with Gasteiger partial charge in [-0.15, -0.1) is 15.3 Å². The van der Waals surface area contributed by atoms with Gasteiger partial charge in [-0.1, -0.05) is 29.7 Å². The first-order valence-electron chi connectivity index (χ1n) is 11.4. The molecule has 4 aromatic rings. The molecule has 2 aliphatic carbocycles. The summed E-state index contributed by atoms with van der Waals surface area (Å²) in [5.74, 6) is 2.90. The van der Waals surface area contributed by atoms with Crippen molar-refractivity contribution in [1.82, 2.24) is 44.8 Å². The van der Waals surface area contributed by atoms with E-state index in [4.69, 9.17) is 10.1 Å². The van der Waals surface area contributed by atoms with Gasteiger partial charge in [-0.2, -0.15) is 0 Å². The highest BCUT2D eigenvalue weighted by molar-refractivity contribution is 5.80. The van der Waals surface area contributed by atoms with Crippen LogP contribution in [0.2, 0.25) is 0 Å². The standard InChI is InChI=1S/C22H27N9/c1-29-20-10-9-17(11-18(20)24-27-29)22-23-21(26-31(22)13-16-7-8-16)19-14-30(28-25-19)12-15-5-3-2-4-6-15/h9-11,14-16H,2-8,12-13H2,1H3. The van der Waals surface area contributed by atoms with Gasteiger partial charge in [0.25, 0.3) is 0 Å². The third-order valence-electron chi connectivity index (χ3n) is 6.61. The average molecular weight is 418 g/mol. The fraction of sp³-hybridized carbons (Fsp3) is 0.545. The van der Waals surface area contributed by atoms with Crippen molar-refractivity contribution >= 4 is 11.0 Å². The van der Waals surface area contributed by atoms with Crippen LogP contribution in [-0.2, 0) is 20.1 Å². The summed E-state index contributed by atoms with van der Waals surface area (Å²) in [6.07, 6.45) is 11.1. The van der Waals surface area contributed by atoms with Crippen LogP contribution >= 0.6 is 0 Å². The number of benzene rings is 1. The Morgan fingerprint density at radius 1 is 0.935 bits per heavy atom. The molecular formula is C22H27N9. The first kappa shape index (κ1) is 18.7. The van der Waals surface area contributed by atoms with Gasteiger partial charge >= 0.3 is 0 Å². The van der Waals surface area contributed by atoms with E-state index >= 15 is 0 Å². The Morgan fingerprint density at radius 3 is 2.61 bits per heavy atom. The number of aryl methyl sites for hydroxylation is 1. The molecule has 0 N–H and O–H groups in total. The molecule has 3 heterocycles. The largest absolute Gasteiger partial charge is 0.252 e. The number of aromatic nitrogens is 9. The molecule has 2 aliphatic rings. The predicted molar refractivity (Wildman–Crippen MR) is 116 cm³/mol. The topological polar surface area (TPSA) is 92.1 Å². The fourth-order valence-electron chi connectivity index (χ4n) is 4.64.